The highest BCUT2D eigenvalue weighted by molar-refractivity contribution is 7.92. The summed E-state index contributed by atoms with van der Waals surface area (Å²) in [7, 11) is -4.18. The van der Waals surface area contributed by atoms with Crippen LogP contribution in [0.2, 0.25) is 0 Å². The van der Waals surface area contributed by atoms with Crippen molar-refractivity contribution in [3.05, 3.63) is 78.9 Å². The van der Waals surface area contributed by atoms with E-state index in [9.17, 15) is 17.2 Å². The summed E-state index contributed by atoms with van der Waals surface area (Å²) in [6.07, 6.45) is 7.55. The molecular formula is C25H23F2N7O3S. The molecule has 0 spiro atoms. The van der Waals surface area contributed by atoms with Crippen molar-refractivity contribution in [2.24, 2.45) is 0 Å². The topological polar surface area (TPSA) is 131 Å². The number of ether oxygens (including phenoxy) is 1. The van der Waals surface area contributed by atoms with E-state index in [0.29, 0.717) is 17.2 Å². The number of piperidine rings is 1. The van der Waals surface area contributed by atoms with Crippen molar-refractivity contribution in [3.63, 3.8) is 0 Å². The van der Waals surface area contributed by atoms with Gasteiger partial charge in [0.2, 0.25) is 17.6 Å². The summed E-state index contributed by atoms with van der Waals surface area (Å²) in [5.74, 6) is -2.88. The van der Waals surface area contributed by atoms with E-state index in [0.717, 1.165) is 44.3 Å². The molecule has 3 aromatic heterocycles. The number of rotatable bonds is 8. The van der Waals surface area contributed by atoms with Gasteiger partial charge in [-0.25, -0.2) is 27.8 Å². The number of sulfonamides is 1. The maximum Gasteiger partial charge on any atom is 0.263 e. The summed E-state index contributed by atoms with van der Waals surface area (Å²) < 4.78 is 62.5. The number of anilines is 2. The largest absolute Gasteiger partial charge is 0.435 e. The van der Waals surface area contributed by atoms with Crippen molar-refractivity contribution < 1.29 is 21.9 Å². The zero-order valence-corrected chi connectivity index (χ0v) is 20.8. The van der Waals surface area contributed by atoms with Crippen LogP contribution < -0.4 is 20.1 Å². The lowest BCUT2D eigenvalue weighted by Crippen LogP contribution is -2.38. The second-order valence-corrected chi connectivity index (χ2v) is 10.1. The average molecular weight is 540 g/mol. The molecule has 0 unspecified atom stereocenters. The molecule has 1 aliphatic rings. The van der Waals surface area contributed by atoms with E-state index in [1.54, 1.807) is 24.4 Å². The van der Waals surface area contributed by atoms with Crippen LogP contribution in [0.5, 0.6) is 11.6 Å². The molecule has 3 N–H and O–H groups in total. The third-order valence-electron chi connectivity index (χ3n) is 5.78. The summed E-state index contributed by atoms with van der Waals surface area (Å²) in [6, 6.07) is 10.1. The molecule has 4 heterocycles. The molecule has 0 amide bonds. The third kappa shape index (κ3) is 5.68. The molecule has 0 saturated carbocycles. The smallest absolute Gasteiger partial charge is 0.263 e. The van der Waals surface area contributed by atoms with Gasteiger partial charge in [0.1, 0.15) is 4.90 Å². The van der Waals surface area contributed by atoms with Crippen LogP contribution >= 0.6 is 0 Å². The molecule has 4 aromatic rings. The van der Waals surface area contributed by atoms with Gasteiger partial charge in [0.15, 0.2) is 11.6 Å². The predicted octanol–water partition coefficient (Wildman–Crippen LogP) is 3.97. The van der Waals surface area contributed by atoms with Crippen LogP contribution in [0.15, 0.2) is 72.1 Å². The molecule has 1 saturated heterocycles. The molecule has 0 bridgehead atoms. The van der Waals surface area contributed by atoms with Crippen LogP contribution in [0.3, 0.4) is 0 Å². The Morgan fingerprint density at radius 1 is 1.00 bits per heavy atom. The van der Waals surface area contributed by atoms with E-state index < -0.39 is 33.1 Å². The van der Waals surface area contributed by atoms with Gasteiger partial charge in [-0.15, -0.1) is 0 Å². The molecule has 196 valence electrons. The van der Waals surface area contributed by atoms with Gasteiger partial charge in [0, 0.05) is 37.4 Å². The molecule has 1 atom stereocenters. The summed E-state index contributed by atoms with van der Waals surface area (Å²) in [5.41, 5.74) is 0.320. The van der Waals surface area contributed by atoms with Crippen molar-refractivity contribution in [3.8, 4) is 22.9 Å². The van der Waals surface area contributed by atoms with Crippen LogP contribution in [0.25, 0.3) is 11.3 Å². The maximum absolute atomic E-state index is 15.0. The minimum Gasteiger partial charge on any atom is -0.435 e. The van der Waals surface area contributed by atoms with Gasteiger partial charge in [-0.1, -0.05) is 0 Å². The monoisotopic (exact) mass is 539 g/mol. The lowest BCUT2D eigenvalue weighted by molar-refractivity contribution is 0.407. The van der Waals surface area contributed by atoms with E-state index in [4.69, 9.17) is 4.74 Å². The Bertz CT molecular complexity index is 1540. The van der Waals surface area contributed by atoms with Crippen molar-refractivity contribution >= 4 is 21.7 Å². The first-order chi connectivity index (χ1) is 18.4. The summed E-state index contributed by atoms with van der Waals surface area (Å²) in [6.45, 7) is 1.78. The van der Waals surface area contributed by atoms with Gasteiger partial charge in [-0.2, -0.15) is 4.39 Å². The van der Waals surface area contributed by atoms with Gasteiger partial charge in [-0.05, 0) is 61.9 Å². The fraction of sp³-hybridized carbons (Fsp3) is 0.200. The number of benzene rings is 1. The minimum atomic E-state index is -4.18. The Balaban J connectivity index is 1.38. The molecular weight excluding hydrogens is 516 g/mol. The highest BCUT2D eigenvalue weighted by atomic mass is 32.2. The van der Waals surface area contributed by atoms with Crippen LogP contribution in [-0.4, -0.2) is 47.5 Å². The SMILES string of the molecule is O=S(=O)(Nc1ccc(Oc2ncccc2-c2ccnc(N[C@H]3CCCNC3)n2)c(F)c1F)c1cccnc1. The molecule has 1 fully saturated rings. The molecule has 38 heavy (non-hydrogen) atoms. The number of halogens is 2. The quantitative estimate of drug-likeness (QED) is 0.304. The first kappa shape index (κ1) is 25.4. The van der Waals surface area contributed by atoms with E-state index in [-0.39, 0.29) is 16.8 Å². The first-order valence-electron chi connectivity index (χ1n) is 11.7. The van der Waals surface area contributed by atoms with Gasteiger partial charge in [0.25, 0.3) is 10.0 Å². The number of hydrogen-bond donors (Lipinski definition) is 3. The predicted molar refractivity (Wildman–Crippen MR) is 136 cm³/mol. The van der Waals surface area contributed by atoms with Crippen molar-refractivity contribution in [2.75, 3.05) is 23.1 Å². The Morgan fingerprint density at radius 2 is 1.87 bits per heavy atom. The summed E-state index contributed by atoms with van der Waals surface area (Å²) in [5, 5.41) is 6.62. The molecule has 1 aromatic carbocycles. The lowest BCUT2D eigenvalue weighted by atomic mass is 10.1. The van der Waals surface area contributed by atoms with E-state index in [1.807, 2.05) is 4.72 Å². The first-order valence-corrected chi connectivity index (χ1v) is 13.2. The fourth-order valence-electron chi connectivity index (χ4n) is 3.91. The van der Waals surface area contributed by atoms with Gasteiger partial charge >= 0.3 is 0 Å². The fourth-order valence-corrected chi connectivity index (χ4v) is 4.93. The van der Waals surface area contributed by atoms with Crippen LogP contribution in [0.4, 0.5) is 20.4 Å². The number of pyridine rings is 2. The lowest BCUT2D eigenvalue weighted by Gasteiger charge is -2.23. The number of aromatic nitrogens is 4. The van der Waals surface area contributed by atoms with Crippen molar-refractivity contribution in [2.45, 2.75) is 23.8 Å². The van der Waals surface area contributed by atoms with Gasteiger partial charge in [0.05, 0.1) is 16.9 Å². The number of nitrogens with one attached hydrogen (secondary N) is 3. The highest BCUT2D eigenvalue weighted by Gasteiger charge is 2.22. The highest BCUT2D eigenvalue weighted by Crippen LogP contribution is 2.34. The Kier molecular flexibility index (Phi) is 7.38. The summed E-state index contributed by atoms with van der Waals surface area (Å²) >= 11 is 0. The van der Waals surface area contributed by atoms with E-state index in [1.165, 1.54) is 24.5 Å². The number of hydrogen-bond acceptors (Lipinski definition) is 9. The van der Waals surface area contributed by atoms with Crippen LogP contribution in [0, 0.1) is 11.6 Å². The average Bonchev–Trinajstić information content (AvgIpc) is 2.94. The molecule has 0 aliphatic carbocycles. The van der Waals surface area contributed by atoms with Crippen LogP contribution in [-0.2, 0) is 10.0 Å². The van der Waals surface area contributed by atoms with Crippen molar-refractivity contribution in [1.82, 2.24) is 25.3 Å². The zero-order valence-electron chi connectivity index (χ0n) is 19.9. The van der Waals surface area contributed by atoms with Crippen LogP contribution in [0.1, 0.15) is 12.8 Å². The summed E-state index contributed by atoms with van der Waals surface area (Å²) in [4.78, 5) is 16.5. The molecule has 10 nitrogen and oxygen atoms in total. The molecule has 0 radical (unpaired) electrons. The third-order valence-corrected chi connectivity index (χ3v) is 7.13. The van der Waals surface area contributed by atoms with E-state index >= 15 is 0 Å². The Hall–Kier alpha value is -4.23. The van der Waals surface area contributed by atoms with Gasteiger partial charge < -0.3 is 15.4 Å². The second kappa shape index (κ2) is 11.0. The minimum absolute atomic E-state index is 0.0153. The molecule has 13 heteroatoms. The number of nitrogens with zero attached hydrogens (tertiary/aromatic N) is 4. The zero-order chi connectivity index (χ0) is 26.5. The Morgan fingerprint density at radius 3 is 2.66 bits per heavy atom. The normalized spacial score (nSPS) is 15.6. The standard InChI is InChI=1S/C25H23F2N7O3S/c26-22-20(34-38(35,36)17-5-2-11-29-15-17)7-8-21(23(22)27)37-24-18(6-3-12-30-24)19-9-13-31-25(33-19)32-16-4-1-10-28-14-16/h2-3,5-9,11-13,15-16,28,34H,1,4,10,14H2,(H,31,32,33)/t16-/m0/s1. The molecule has 1 aliphatic heterocycles. The van der Waals surface area contributed by atoms with Crippen molar-refractivity contribution in [1.29, 1.82) is 0 Å². The molecule has 5 rings (SSSR count). The van der Waals surface area contributed by atoms with Gasteiger partial charge in [-0.3, -0.25) is 9.71 Å². The van der Waals surface area contributed by atoms with E-state index in [2.05, 4.69) is 30.6 Å². The second-order valence-electron chi connectivity index (χ2n) is 8.44. The Labute approximate surface area is 217 Å². The maximum atomic E-state index is 15.0.